The van der Waals surface area contributed by atoms with Gasteiger partial charge in [-0.15, -0.1) is 0 Å². The van der Waals surface area contributed by atoms with Gasteiger partial charge in [-0.2, -0.15) is 9.61 Å². The predicted molar refractivity (Wildman–Crippen MR) is 95.2 cm³/mol. The van der Waals surface area contributed by atoms with Gasteiger partial charge in [-0.1, -0.05) is 30.3 Å². The van der Waals surface area contributed by atoms with Gasteiger partial charge in [0, 0.05) is 43.9 Å². The van der Waals surface area contributed by atoms with Crippen molar-refractivity contribution >= 4 is 11.5 Å². The Morgan fingerprint density at radius 1 is 1.04 bits per heavy atom. The molecule has 122 valence electrons. The van der Waals surface area contributed by atoms with Crippen LogP contribution < -0.4 is 10.2 Å². The molecular weight excluding hydrogens is 298 g/mol. The first-order valence-electron chi connectivity index (χ1n) is 8.66. The molecule has 0 amide bonds. The number of aromatic nitrogens is 3. The molecule has 2 aromatic heterocycles. The highest BCUT2D eigenvalue weighted by atomic mass is 15.4. The quantitative estimate of drug-likeness (QED) is 0.788. The first-order chi connectivity index (χ1) is 11.8. The summed E-state index contributed by atoms with van der Waals surface area (Å²) in [4.78, 5) is 7.32. The van der Waals surface area contributed by atoms with Crippen molar-refractivity contribution in [3.8, 4) is 11.3 Å². The Labute approximate surface area is 141 Å². The van der Waals surface area contributed by atoms with E-state index < -0.39 is 0 Å². The lowest BCUT2D eigenvalue weighted by atomic mass is 10.0. The van der Waals surface area contributed by atoms with E-state index in [4.69, 9.17) is 4.98 Å². The number of nitrogens with zero attached hydrogens (tertiary/aromatic N) is 4. The second-order valence-corrected chi connectivity index (χ2v) is 7.00. The van der Waals surface area contributed by atoms with Crippen LogP contribution in [0.15, 0.2) is 42.5 Å². The Bertz CT molecular complexity index is 873. The predicted octanol–water partition coefficient (Wildman–Crippen LogP) is 2.36. The van der Waals surface area contributed by atoms with Gasteiger partial charge in [-0.3, -0.25) is 0 Å². The van der Waals surface area contributed by atoms with Crippen LogP contribution in [-0.4, -0.2) is 40.8 Å². The maximum absolute atomic E-state index is 4.83. The molecule has 2 aliphatic heterocycles. The Morgan fingerprint density at radius 2 is 1.79 bits per heavy atom. The lowest BCUT2D eigenvalue weighted by Gasteiger charge is -2.21. The fraction of sp³-hybridized carbons (Fsp3) is 0.368. The maximum atomic E-state index is 4.83. The molecule has 2 fully saturated rings. The molecular formula is C19H21N5. The zero-order chi connectivity index (χ0) is 16.1. The average Bonchev–Trinajstić information content (AvgIpc) is 3.27. The van der Waals surface area contributed by atoms with Crippen molar-refractivity contribution in [3.05, 3.63) is 48.2 Å². The van der Waals surface area contributed by atoms with Crippen molar-refractivity contribution in [3.63, 3.8) is 0 Å². The van der Waals surface area contributed by atoms with E-state index in [9.17, 15) is 0 Å². The first-order valence-corrected chi connectivity index (χ1v) is 8.66. The Morgan fingerprint density at radius 3 is 2.54 bits per heavy atom. The number of anilines is 1. The van der Waals surface area contributed by atoms with Crippen LogP contribution in [0.3, 0.4) is 0 Å². The topological polar surface area (TPSA) is 45.5 Å². The molecule has 5 rings (SSSR count). The van der Waals surface area contributed by atoms with Crippen LogP contribution in [-0.2, 0) is 0 Å². The van der Waals surface area contributed by atoms with Gasteiger partial charge in [0.2, 0.25) is 0 Å². The molecule has 0 radical (unpaired) electrons. The minimum atomic E-state index is 0.755. The molecule has 2 aliphatic rings. The molecule has 0 bridgehead atoms. The fourth-order valence-corrected chi connectivity index (χ4v) is 4.10. The zero-order valence-electron chi connectivity index (χ0n) is 13.8. The van der Waals surface area contributed by atoms with Crippen LogP contribution in [0, 0.1) is 18.8 Å². The van der Waals surface area contributed by atoms with Crippen LogP contribution >= 0.6 is 0 Å². The molecule has 5 nitrogen and oxygen atoms in total. The number of hydrogen-bond acceptors (Lipinski definition) is 4. The van der Waals surface area contributed by atoms with Crippen molar-refractivity contribution in [2.75, 3.05) is 31.1 Å². The standard InChI is InChI=1S/C19H21N5/c1-13-7-18-21-17(14-5-3-2-4-6-14)8-19(24(18)22-13)23-11-15-9-20-10-16(15)12-23/h2-8,15-16,20H,9-12H2,1H3/t15-,16+. The number of benzene rings is 1. The van der Waals surface area contributed by atoms with Crippen LogP contribution in [0.2, 0.25) is 0 Å². The largest absolute Gasteiger partial charge is 0.356 e. The molecule has 1 aromatic carbocycles. The normalized spacial score (nSPS) is 23.1. The third-order valence-corrected chi connectivity index (χ3v) is 5.31. The SMILES string of the molecule is Cc1cc2nc(-c3ccccc3)cc(N3C[C@H]4CNC[C@H]4C3)n2n1. The summed E-state index contributed by atoms with van der Waals surface area (Å²) >= 11 is 0. The number of rotatable bonds is 2. The molecule has 1 N–H and O–H groups in total. The van der Waals surface area contributed by atoms with E-state index in [1.807, 2.05) is 17.5 Å². The van der Waals surface area contributed by atoms with Gasteiger partial charge >= 0.3 is 0 Å². The highest BCUT2D eigenvalue weighted by molar-refractivity contribution is 5.67. The van der Waals surface area contributed by atoms with Crippen molar-refractivity contribution in [2.45, 2.75) is 6.92 Å². The Hall–Kier alpha value is -2.40. The van der Waals surface area contributed by atoms with E-state index in [0.717, 1.165) is 60.6 Å². The summed E-state index contributed by atoms with van der Waals surface area (Å²) in [5.74, 6) is 2.68. The first kappa shape index (κ1) is 14.0. The molecule has 24 heavy (non-hydrogen) atoms. The summed E-state index contributed by atoms with van der Waals surface area (Å²) in [5.41, 5.74) is 4.11. The summed E-state index contributed by atoms with van der Waals surface area (Å²) in [5, 5.41) is 8.20. The summed E-state index contributed by atoms with van der Waals surface area (Å²) in [7, 11) is 0. The Kier molecular flexibility index (Phi) is 3.10. The summed E-state index contributed by atoms with van der Waals surface area (Å²) < 4.78 is 2.01. The van der Waals surface area contributed by atoms with Crippen molar-refractivity contribution < 1.29 is 0 Å². The molecule has 2 saturated heterocycles. The summed E-state index contributed by atoms with van der Waals surface area (Å²) in [6, 6.07) is 14.7. The van der Waals surface area contributed by atoms with Gasteiger partial charge in [0.05, 0.1) is 11.4 Å². The molecule has 3 aromatic rings. The van der Waals surface area contributed by atoms with E-state index in [1.54, 1.807) is 0 Å². The number of hydrogen-bond donors (Lipinski definition) is 1. The molecule has 0 saturated carbocycles. The van der Waals surface area contributed by atoms with Crippen molar-refractivity contribution in [2.24, 2.45) is 11.8 Å². The monoisotopic (exact) mass is 319 g/mol. The van der Waals surface area contributed by atoms with E-state index in [2.05, 4.69) is 51.7 Å². The third kappa shape index (κ3) is 2.19. The summed E-state index contributed by atoms with van der Waals surface area (Å²) in [6.07, 6.45) is 0. The minimum absolute atomic E-state index is 0.755. The fourth-order valence-electron chi connectivity index (χ4n) is 4.10. The third-order valence-electron chi connectivity index (χ3n) is 5.31. The van der Waals surface area contributed by atoms with E-state index in [1.165, 1.54) is 5.82 Å². The molecule has 2 atom stereocenters. The summed E-state index contributed by atoms with van der Waals surface area (Å²) in [6.45, 7) is 6.51. The van der Waals surface area contributed by atoms with Crippen LogP contribution in [0.5, 0.6) is 0 Å². The van der Waals surface area contributed by atoms with Gasteiger partial charge in [0.1, 0.15) is 5.82 Å². The molecule has 4 heterocycles. The van der Waals surface area contributed by atoms with Crippen LogP contribution in [0.1, 0.15) is 5.69 Å². The number of fused-ring (bicyclic) bond motifs is 2. The van der Waals surface area contributed by atoms with E-state index >= 15 is 0 Å². The second kappa shape index (κ2) is 5.31. The lowest BCUT2D eigenvalue weighted by molar-refractivity contribution is 0.533. The maximum Gasteiger partial charge on any atom is 0.158 e. The minimum Gasteiger partial charge on any atom is -0.356 e. The Balaban J connectivity index is 1.63. The van der Waals surface area contributed by atoms with Gasteiger partial charge in [0.25, 0.3) is 0 Å². The highest BCUT2D eigenvalue weighted by Crippen LogP contribution is 2.32. The lowest BCUT2D eigenvalue weighted by Crippen LogP contribution is -2.27. The number of aryl methyl sites for hydroxylation is 1. The zero-order valence-corrected chi connectivity index (χ0v) is 13.8. The van der Waals surface area contributed by atoms with Gasteiger partial charge in [-0.25, -0.2) is 4.98 Å². The van der Waals surface area contributed by atoms with E-state index in [-0.39, 0.29) is 0 Å². The van der Waals surface area contributed by atoms with Gasteiger partial charge in [-0.05, 0) is 18.8 Å². The van der Waals surface area contributed by atoms with Gasteiger partial charge in [0.15, 0.2) is 5.65 Å². The van der Waals surface area contributed by atoms with Gasteiger partial charge < -0.3 is 10.2 Å². The van der Waals surface area contributed by atoms with E-state index in [0.29, 0.717) is 0 Å². The average molecular weight is 319 g/mol. The molecule has 0 aliphatic carbocycles. The molecule has 0 unspecified atom stereocenters. The van der Waals surface area contributed by atoms with Crippen LogP contribution in [0.4, 0.5) is 5.82 Å². The van der Waals surface area contributed by atoms with Crippen molar-refractivity contribution in [1.82, 2.24) is 19.9 Å². The number of nitrogens with one attached hydrogen (secondary N) is 1. The molecule has 0 spiro atoms. The smallest absolute Gasteiger partial charge is 0.158 e. The van der Waals surface area contributed by atoms with Crippen LogP contribution in [0.25, 0.3) is 16.9 Å². The molecule has 5 heteroatoms. The second-order valence-electron chi connectivity index (χ2n) is 7.00. The highest BCUT2D eigenvalue weighted by Gasteiger charge is 2.37. The van der Waals surface area contributed by atoms with Crippen molar-refractivity contribution in [1.29, 1.82) is 0 Å².